The number of anilines is 2. The summed E-state index contributed by atoms with van der Waals surface area (Å²) >= 11 is 0. The Bertz CT molecular complexity index is 506. The van der Waals surface area contributed by atoms with Crippen molar-refractivity contribution in [2.75, 3.05) is 23.7 Å². The first-order chi connectivity index (χ1) is 9.28. The lowest BCUT2D eigenvalue weighted by Gasteiger charge is -2.08. The van der Waals surface area contributed by atoms with Crippen LogP contribution in [0.25, 0.3) is 0 Å². The minimum atomic E-state index is 0.880. The van der Waals surface area contributed by atoms with Crippen LogP contribution in [0, 0.1) is 0 Å². The first kappa shape index (κ1) is 13.4. The molecule has 0 saturated heterocycles. The Kier molecular flexibility index (Phi) is 4.78. The van der Waals surface area contributed by atoms with Crippen molar-refractivity contribution in [3.63, 3.8) is 0 Å². The smallest absolute Gasteiger partial charge is 0.0547 e. The summed E-state index contributed by atoms with van der Waals surface area (Å²) in [6.45, 7) is 4.00. The molecule has 2 rings (SSSR count). The molecule has 2 heterocycles. The van der Waals surface area contributed by atoms with Gasteiger partial charge in [0.05, 0.1) is 30.0 Å². The van der Waals surface area contributed by atoms with E-state index in [-0.39, 0.29) is 0 Å². The normalized spacial score (nSPS) is 10.4. The number of pyridine rings is 1. The number of hydrogen-bond acceptors (Lipinski definition) is 4. The van der Waals surface area contributed by atoms with Crippen molar-refractivity contribution in [3.05, 3.63) is 36.4 Å². The van der Waals surface area contributed by atoms with E-state index < -0.39 is 0 Å². The summed E-state index contributed by atoms with van der Waals surface area (Å²) < 4.78 is 1.83. The van der Waals surface area contributed by atoms with E-state index in [2.05, 4.69) is 33.7 Å². The third-order valence-corrected chi connectivity index (χ3v) is 2.82. The molecule has 0 unspecified atom stereocenters. The molecular formula is C14H21N5. The molecular weight excluding hydrogens is 238 g/mol. The van der Waals surface area contributed by atoms with Crippen molar-refractivity contribution in [2.24, 2.45) is 7.05 Å². The van der Waals surface area contributed by atoms with Gasteiger partial charge in [0.15, 0.2) is 0 Å². The lowest BCUT2D eigenvalue weighted by atomic mass is 10.2. The van der Waals surface area contributed by atoms with E-state index in [9.17, 15) is 0 Å². The van der Waals surface area contributed by atoms with Gasteiger partial charge < -0.3 is 10.6 Å². The lowest BCUT2D eigenvalue weighted by molar-refractivity contribution is 0.767. The second-order valence-electron chi connectivity index (χ2n) is 4.59. The zero-order chi connectivity index (χ0) is 13.5. The average molecular weight is 259 g/mol. The zero-order valence-electron chi connectivity index (χ0n) is 11.6. The predicted octanol–water partition coefficient (Wildman–Crippen LogP) is 2.29. The van der Waals surface area contributed by atoms with Crippen molar-refractivity contribution in [1.29, 1.82) is 0 Å². The largest absolute Gasteiger partial charge is 0.384 e. The van der Waals surface area contributed by atoms with Gasteiger partial charge in [0.2, 0.25) is 0 Å². The zero-order valence-corrected chi connectivity index (χ0v) is 11.6. The molecule has 102 valence electrons. The number of rotatable bonds is 7. The fourth-order valence-electron chi connectivity index (χ4n) is 1.85. The van der Waals surface area contributed by atoms with Crippen LogP contribution in [0.1, 0.15) is 18.9 Å². The van der Waals surface area contributed by atoms with Crippen molar-refractivity contribution in [1.82, 2.24) is 14.8 Å². The number of aromatic nitrogens is 3. The standard InChI is InChI=1S/C14H21N5/c1-3-5-16-13-7-14(10-15-9-13)17-6-4-12-8-18-19(2)11-12/h7-11,16-17H,3-6H2,1-2H3. The van der Waals surface area contributed by atoms with Gasteiger partial charge in [-0.05, 0) is 24.5 Å². The van der Waals surface area contributed by atoms with Gasteiger partial charge in [-0.15, -0.1) is 0 Å². The van der Waals surface area contributed by atoms with Crippen LogP contribution < -0.4 is 10.6 Å². The molecule has 0 bridgehead atoms. The number of aryl methyl sites for hydroxylation is 1. The Morgan fingerprint density at radius 2 is 1.84 bits per heavy atom. The van der Waals surface area contributed by atoms with Gasteiger partial charge >= 0.3 is 0 Å². The number of nitrogens with one attached hydrogen (secondary N) is 2. The Morgan fingerprint density at radius 1 is 1.11 bits per heavy atom. The van der Waals surface area contributed by atoms with Gasteiger partial charge in [0.1, 0.15) is 0 Å². The van der Waals surface area contributed by atoms with Crippen LogP contribution in [0.15, 0.2) is 30.9 Å². The van der Waals surface area contributed by atoms with Crippen LogP contribution >= 0.6 is 0 Å². The molecule has 0 saturated carbocycles. The summed E-state index contributed by atoms with van der Waals surface area (Å²) in [5.74, 6) is 0. The predicted molar refractivity (Wildman–Crippen MR) is 78.4 cm³/mol. The van der Waals surface area contributed by atoms with E-state index in [1.54, 1.807) is 0 Å². The molecule has 2 aromatic rings. The maximum atomic E-state index is 4.23. The Balaban J connectivity index is 1.82. The van der Waals surface area contributed by atoms with Gasteiger partial charge in [-0.25, -0.2) is 0 Å². The Labute approximate surface area is 114 Å². The molecule has 0 fully saturated rings. The Hall–Kier alpha value is -2.04. The maximum Gasteiger partial charge on any atom is 0.0547 e. The molecule has 0 atom stereocenters. The third kappa shape index (κ3) is 4.28. The lowest BCUT2D eigenvalue weighted by Crippen LogP contribution is -2.06. The van der Waals surface area contributed by atoms with Gasteiger partial charge in [0, 0.05) is 26.3 Å². The van der Waals surface area contributed by atoms with Gasteiger partial charge in [-0.1, -0.05) is 6.92 Å². The summed E-state index contributed by atoms with van der Waals surface area (Å²) in [6.07, 6.45) is 9.71. The Morgan fingerprint density at radius 3 is 2.47 bits per heavy atom. The highest BCUT2D eigenvalue weighted by molar-refractivity contribution is 5.53. The van der Waals surface area contributed by atoms with Crippen LogP contribution in [-0.4, -0.2) is 27.9 Å². The molecule has 0 aliphatic carbocycles. The molecule has 0 radical (unpaired) electrons. The number of nitrogens with zero attached hydrogens (tertiary/aromatic N) is 3. The fraction of sp³-hybridized carbons (Fsp3) is 0.429. The minimum Gasteiger partial charge on any atom is -0.384 e. The third-order valence-electron chi connectivity index (χ3n) is 2.82. The quantitative estimate of drug-likeness (QED) is 0.801. The second-order valence-corrected chi connectivity index (χ2v) is 4.59. The van der Waals surface area contributed by atoms with Crippen LogP contribution in [0.5, 0.6) is 0 Å². The molecule has 0 aromatic carbocycles. The SMILES string of the molecule is CCCNc1cncc(NCCc2cnn(C)c2)c1. The fourth-order valence-corrected chi connectivity index (χ4v) is 1.85. The highest BCUT2D eigenvalue weighted by atomic mass is 15.2. The highest BCUT2D eigenvalue weighted by Crippen LogP contribution is 2.12. The summed E-state index contributed by atoms with van der Waals surface area (Å²) in [4.78, 5) is 4.23. The molecule has 0 aliphatic heterocycles. The summed E-state index contributed by atoms with van der Waals surface area (Å²) in [5.41, 5.74) is 3.35. The van der Waals surface area contributed by atoms with E-state index in [0.29, 0.717) is 0 Å². The molecule has 0 spiro atoms. The van der Waals surface area contributed by atoms with E-state index in [1.807, 2.05) is 36.5 Å². The van der Waals surface area contributed by atoms with Gasteiger partial charge in [-0.3, -0.25) is 9.67 Å². The molecule has 5 heteroatoms. The molecule has 2 aromatic heterocycles. The number of hydrogen-bond donors (Lipinski definition) is 2. The van der Waals surface area contributed by atoms with Crippen molar-refractivity contribution in [2.45, 2.75) is 19.8 Å². The van der Waals surface area contributed by atoms with Gasteiger partial charge in [0.25, 0.3) is 0 Å². The maximum absolute atomic E-state index is 4.23. The molecule has 2 N–H and O–H groups in total. The van der Waals surface area contributed by atoms with Gasteiger partial charge in [-0.2, -0.15) is 5.10 Å². The first-order valence-electron chi connectivity index (χ1n) is 6.68. The first-order valence-corrected chi connectivity index (χ1v) is 6.68. The molecule has 0 aliphatic rings. The monoisotopic (exact) mass is 259 g/mol. The topological polar surface area (TPSA) is 54.8 Å². The van der Waals surface area contributed by atoms with Crippen molar-refractivity contribution < 1.29 is 0 Å². The van der Waals surface area contributed by atoms with Crippen molar-refractivity contribution in [3.8, 4) is 0 Å². The second kappa shape index (κ2) is 6.78. The van der Waals surface area contributed by atoms with E-state index in [1.165, 1.54) is 5.56 Å². The average Bonchev–Trinajstić information content (AvgIpc) is 2.83. The highest BCUT2D eigenvalue weighted by Gasteiger charge is 1.98. The molecule has 0 amide bonds. The molecule has 19 heavy (non-hydrogen) atoms. The summed E-state index contributed by atoms with van der Waals surface area (Å²) in [5, 5.41) is 10.9. The summed E-state index contributed by atoms with van der Waals surface area (Å²) in [6, 6.07) is 2.09. The molecule has 5 nitrogen and oxygen atoms in total. The van der Waals surface area contributed by atoms with Crippen LogP contribution in [-0.2, 0) is 13.5 Å². The van der Waals surface area contributed by atoms with E-state index in [4.69, 9.17) is 0 Å². The van der Waals surface area contributed by atoms with E-state index >= 15 is 0 Å². The van der Waals surface area contributed by atoms with Crippen LogP contribution in [0.3, 0.4) is 0 Å². The van der Waals surface area contributed by atoms with Crippen molar-refractivity contribution >= 4 is 11.4 Å². The minimum absolute atomic E-state index is 0.880. The van der Waals surface area contributed by atoms with Crippen LogP contribution in [0.4, 0.5) is 11.4 Å². The summed E-state index contributed by atoms with van der Waals surface area (Å²) in [7, 11) is 1.93. The van der Waals surface area contributed by atoms with E-state index in [0.717, 1.165) is 37.3 Å². The van der Waals surface area contributed by atoms with Crippen LogP contribution in [0.2, 0.25) is 0 Å².